The third kappa shape index (κ3) is 3.29. The minimum absolute atomic E-state index is 0.185. The topological polar surface area (TPSA) is 79.4 Å². The van der Waals surface area contributed by atoms with Gasteiger partial charge in [0.2, 0.25) is 11.8 Å². The Morgan fingerprint density at radius 3 is 2.59 bits per heavy atom. The minimum Gasteiger partial charge on any atom is -0.298 e. The fraction of sp³-hybridized carbons (Fsp3) is 0.111. The Labute approximate surface area is 167 Å². The second kappa shape index (κ2) is 6.92. The van der Waals surface area contributed by atoms with Gasteiger partial charge in [0, 0.05) is 18.4 Å². The molecule has 1 aliphatic rings. The highest BCUT2D eigenvalue weighted by molar-refractivity contribution is 7.22. The number of benzene rings is 2. The molecule has 136 valence electrons. The van der Waals surface area contributed by atoms with E-state index in [0.29, 0.717) is 31.9 Å². The number of carbonyl (C=O) groups is 3. The summed E-state index contributed by atoms with van der Waals surface area (Å²) < 4.78 is 0.793. The van der Waals surface area contributed by atoms with E-state index >= 15 is 0 Å². The number of aromatic nitrogens is 1. The minimum atomic E-state index is -0.405. The van der Waals surface area contributed by atoms with Crippen molar-refractivity contribution >= 4 is 73.3 Å². The molecule has 1 N–H and O–H groups in total. The average molecular weight is 420 g/mol. The van der Waals surface area contributed by atoms with Gasteiger partial charge in [-0.1, -0.05) is 40.6 Å². The van der Waals surface area contributed by atoms with Crippen molar-refractivity contribution in [2.24, 2.45) is 0 Å². The Morgan fingerprint density at radius 2 is 1.85 bits per heavy atom. The Bertz CT molecular complexity index is 1100. The zero-order chi connectivity index (χ0) is 19.1. The van der Waals surface area contributed by atoms with Gasteiger partial charge in [-0.15, -0.1) is 0 Å². The van der Waals surface area contributed by atoms with Crippen LogP contribution in [0.25, 0.3) is 10.2 Å². The number of halogens is 2. The molecule has 0 radical (unpaired) electrons. The van der Waals surface area contributed by atoms with E-state index in [1.807, 2.05) is 0 Å². The highest BCUT2D eigenvalue weighted by Gasteiger charge is 2.30. The average Bonchev–Trinajstić information content (AvgIpc) is 3.21. The van der Waals surface area contributed by atoms with Crippen LogP contribution in [-0.2, 0) is 9.59 Å². The molecule has 0 unspecified atom stereocenters. The van der Waals surface area contributed by atoms with Gasteiger partial charge in [0.05, 0.1) is 20.4 Å². The Balaban J connectivity index is 1.60. The van der Waals surface area contributed by atoms with Gasteiger partial charge < -0.3 is 0 Å². The molecule has 27 heavy (non-hydrogen) atoms. The standard InChI is InChI=1S/C18H11Cl2N3O3S/c19-11-4-5-12-16(15(11)20)21-18(27-12)22-17(26)9-2-1-3-10(8-9)23-13(24)6-7-14(23)25/h1-5,8H,6-7H2,(H,21,22,26). The first-order valence-corrected chi connectivity index (χ1v) is 9.53. The van der Waals surface area contributed by atoms with Crippen LogP contribution in [0.1, 0.15) is 23.2 Å². The van der Waals surface area contributed by atoms with Crippen molar-refractivity contribution in [2.75, 3.05) is 10.2 Å². The molecule has 1 aromatic heterocycles. The smallest absolute Gasteiger partial charge is 0.257 e. The Hall–Kier alpha value is -2.48. The number of anilines is 2. The molecule has 6 nitrogen and oxygen atoms in total. The molecule has 2 aromatic carbocycles. The number of hydrogen-bond acceptors (Lipinski definition) is 5. The molecule has 0 atom stereocenters. The predicted octanol–water partition coefficient (Wildman–Crippen LogP) is 4.51. The van der Waals surface area contributed by atoms with Crippen molar-refractivity contribution in [2.45, 2.75) is 12.8 Å². The molecule has 0 saturated carbocycles. The van der Waals surface area contributed by atoms with E-state index < -0.39 is 5.91 Å². The van der Waals surface area contributed by atoms with Crippen LogP contribution >= 0.6 is 34.5 Å². The first kappa shape index (κ1) is 17.9. The number of amides is 3. The summed E-state index contributed by atoms with van der Waals surface area (Å²) >= 11 is 13.4. The summed E-state index contributed by atoms with van der Waals surface area (Å²) in [6, 6.07) is 9.80. The fourth-order valence-corrected chi connectivity index (χ4v) is 4.10. The van der Waals surface area contributed by atoms with Crippen LogP contribution in [0.3, 0.4) is 0 Å². The molecule has 9 heteroatoms. The number of rotatable bonds is 3. The van der Waals surface area contributed by atoms with Gasteiger partial charge >= 0.3 is 0 Å². The highest BCUT2D eigenvalue weighted by Crippen LogP contribution is 2.35. The molecule has 1 fully saturated rings. The van der Waals surface area contributed by atoms with Crippen molar-refractivity contribution in [1.29, 1.82) is 0 Å². The van der Waals surface area contributed by atoms with Crippen LogP contribution < -0.4 is 10.2 Å². The zero-order valence-corrected chi connectivity index (χ0v) is 16.0. The maximum atomic E-state index is 12.6. The van der Waals surface area contributed by atoms with Gasteiger partial charge in [0.25, 0.3) is 5.91 Å². The monoisotopic (exact) mass is 419 g/mol. The van der Waals surface area contributed by atoms with E-state index in [1.54, 1.807) is 30.3 Å². The summed E-state index contributed by atoms with van der Waals surface area (Å²) in [5.74, 6) is -0.942. The number of fused-ring (bicyclic) bond motifs is 1. The van der Waals surface area contributed by atoms with E-state index in [0.717, 1.165) is 9.60 Å². The summed E-state index contributed by atoms with van der Waals surface area (Å²) in [7, 11) is 0. The van der Waals surface area contributed by atoms with Crippen molar-refractivity contribution in [1.82, 2.24) is 4.98 Å². The van der Waals surface area contributed by atoms with Crippen LogP contribution in [0.4, 0.5) is 10.8 Å². The summed E-state index contributed by atoms with van der Waals surface area (Å²) in [5, 5.41) is 3.81. The van der Waals surface area contributed by atoms with Crippen LogP contribution in [0.2, 0.25) is 10.0 Å². The molecule has 2 heterocycles. The summed E-state index contributed by atoms with van der Waals surface area (Å²) in [4.78, 5) is 41.8. The molecule has 0 bridgehead atoms. The first-order chi connectivity index (χ1) is 12.9. The molecule has 1 aliphatic heterocycles. The number of thiazole rings is 1. The lowest BCUT2D eigenvalue weighted by Crippen LogP contribution is -2.28. The largest absolute Gasteiger partial charge is 0.298 e. The maximum absolute atomic E-state index is 12.6. The van der Waals surface area contributed by atoms with Crippen molar-refractivity contribution in [3.63, 3.8) is 0 Å². The quantitative estimate of drug-likeness (QED) is 0.633. The zero-order valence-electron chi connectivity index (χ0n) is 13.7. The molecular formula is C18H11Cl2N3O3S. The van der Waals surface area contributed by atoms with Crippen molar-refractivity contribution in [3.05, 3.63) is 52.0 Å². The van der Waals surface area contributed by atoms with Gasteiger partial charge in [-0.05, 0) is 30.3 Å². The molecule has 0 aliphatic carbocycles. The predicted molar refractivity (Wildman–Crippen MR) is 106 cm³/mol. The van der Waals surface area contributed by atoms with Crippen LogP contribution in [-0.4, -0.2) is 22.7 Å². The van der Waals surface area contributed by atoms with Gasteiger partial charge in [0.15, 0.2) is 5.13 Å². The SMILES string of the molecule is O=C(Nc1nc2c(Cl)c(Cl)ccc2s1)c1cccc(N2C(=O)CCC2=O)c1. The van der Waals surface area contributed by atoms with E-state index in [-0.39, 0.29) is 24.7 Å². The molecule has 3 aromatic rings. The van der Waals surface area contributed by atoms with E-state index in [4.69, 9.17) is 23.2 Å². The lowest BCUT2D eigenvalue weighted by Gasteiger charge is -2.14. The van der Waals surface area contributed by atoms with Gasteiger partial charge in [-0.3, -0.25) is 24.6 Å². The fourth-order valence-electron chi connectivity index (χ4n) is 2.81. The van der Waals surface area contributed by atoms with Gasteiger partial charge in [-0.2, -0.15) is 0 Å². The second-order valence-corrected chi connectivity index (χ2v) is 7.67. The van der Waals surface area contributed by atoms with Crippen LogP contribution in [0, 0.1) is 0 Å². The summed E-state index contributed by atoms with van der Waals surface area (Å²) in [5.41, 5.74) is 1.21. The maximum Gasteiger partial charge on any atom is 0.257 e. The molecule has 0 spiro atoms. The van der Waals surface area contributed by atoms with E-state index in [2.05, 4.69) is 10.3 Å². The third-order valence-electron chi connectivity index (χ3n) is 4.09. The number of nitrogens with one attached hydrogen (secondary N) is 1. The molecule has 1 saturated heterocycles. The van der Waals surface area contributed by atoms with Crippen LogP contribution in [0.5, 0.6) is 0 Å². The number of carbonyl (C=O) groups excluding carboxylic acids is 3. The molecular weight excluding hydrogens is 409 g/mol. The number of nitrogens with zero attached hydrogens (tertiary/aromatic N) is 2. The normalized spacial score (nSPS) is 14.2. The van der Waals surface area contributed by atoms with Gasteiger partial charge in [-0.25, -0.2) is 4.98 Å². The first-order valence-electron chi connectivity index (χ1n) is 7.96. The van der Waals surface area contributed by atoms with E-state index in [1.165, 1.54) is 17.4 Å². The highest BCUT2D eigenvalue weighted by atomic mass is 35.5. The summed E-state index contributed by atoms with van der Waals surface area (Å²) in [6.07, 6.45) is 0.370. The van der Waals surface area contributed by atoms with Gasteiger partial charge in [0.1, 0.15) is 5.52 Å². The number of hydrogen-bond donors (Lipinski definition) is 1. The van der Waals surface area contributed by atoms with Crippen molar-refractivity contribution in [3.8, 4) is 0 Å². The van der Waals surface area contributed by atoms with Crippen LogP contribution in [0.15, 0.2) is 36.4 Å². The third-order valence-corrected chi connectivity index (χ3v) is 5.82. The Kier molecular flexibility index (Phi) is 4.59. The molecule has 4 rings (SSSR count). The van der Waals surface area contributed by atoms with E-state index in [9.17, 15) is 14.4 Å². The number of imide groups is 1. The summed E-state index contributed by atoms with van der Waals surface area (Å²) in [6.45, 7) is 0. The lowest BCUT2D eigenvalue weighted by molar-refractivity contribution is -0.121. The second-order valence-electron chi connectivity index (χ2n) is 5.85. The Morgan fingerprint density at radius 1 is 1.11 bits per heavy atom. The molecule has 3 amide bonds. The van der Waals surface area contributed by atoms with Crippen molar-refractivity contribution < 1.29 is 14.4 Å². The lowest BCUT2D eigenvalue weighted by atomic mass is 10.2.